The molecule has 11 heteroatoms. The molecule has 3 fully saturated rings. The fourth-order valence-electron chi connectivity index (χ4n) is 6.97. The van der Waals surface area contributed by atoms with Crippen molar-refractivity contribution in [2.75, 3.05) is 76.4 Å². The van der Waals surface area contributed by atoms with Crippen LogP contribution in [0.5, 0.6) is 11.5 Å². The molecule has 276 valence electrons. The summed E-state index contributed by atoms with van der Waals surface area (Å²) in [6.07, 6.45) is 8.13. The van der Waals surface area contributed by atoms with E-state index in [4.69, 9.17) is 18.9 Å². The molecular formula is C39H59N5O6. The summed E-state index contributed by atoms with van der Waals surface area (Å²) in [5.41, 5.74) is 1.47. The Morgan fingerprint density at radius 2 is 1.62 bits per heavy atom. The van der Waals surface area contributed by atoms with E-state index in [1.807, 2.05) is 48.5 Å². The smallest absolute Gasteiger partial charge is 0.319 e. The highest BCUT2D eigenvalue weighted by molar-refractivity contribution is 5.91. The summed E-state index contributed by atoms with van der Waals surface area (Å²) in [6, 6.07) is 15.6. The minimum Gasteiger partial charge on any atom is -0.494 e. The molecule has 3 N–H and O–H groups in total. The van der Waals surface area contributed by atoms with Gasteiger partial charge in [-0.3, -0.25) is 14.6 Å². The fraction of sp³-hybridized carbons (Fsp3) is 0.641. The molecule has 1 aliphatic carbocycles. The number of nitrogens with one attached hydrogen (secondary N) is 3. The second-order valence-electron chi connectivity index (χ2n) is 15.1. The minimum absolute atomic E-state index is 0.0130. The van der Waals surface area contributed by atoms with E-state index in [1.54, 1.807) is 0 Å². The van der Waals surface area contributed by atoms with Crippen LogP contribution in [-0.4, -0.2) is 106 Å². The van der Waals surface area contributed by atoms with Crippen molar-refractivity contribution in [2.24, 2.45) is 5.41 Å². The van der Waals surface area contributed by atoms with Crippen LogP contribution < -0.4 is 25.4 Å². The second kappa shape index (κ2) is 19.3. The third kappa shape index (κ3) is 13.1. The quantitative estimate of drug-likeness (QED) is 0.190. The van der Waals surface area contributed by atoms with Crippen molar-refractivity contribution >= 4 is 23.3 Å². The summed E-state index contributed by atoms with van der Waals surface area (Å²) in [6.45, 7) is 14.0. The normalized spacial score (nSPS) is 20.9. The zero-order valence-electron chi connectivity index (χ0n) is 30.4. The van der Waals surface area contributed by atoms with Crippen LogP contribution in [0, 0.1) is 5.41 Å². The van der Waals surface area contributed by atoms with Crippen LogP contribution in [0.1, 0.15) is 72.1 Å². The monoisotopic (exact) mass is 693 g/mol. The molecule has 2 aliphatic heterocycles. The molecule has 2 unspecified atom stereocenters. The third-order valence-corrected chi connectivity index (χ3v) is 9.49. The van der Waals surface area contributed by atoms with E-state index in [0.717, 1.165) is 87.9 Å². The van der Waals surface area contributed by atoms with Crippen molar-refractivity contribution in [3.05, 3.63) is 48.5 Å². The lowest BCUT2D eigenvalue weighted by Gasteiger charge is -2.43. The number of carbonyl (C=O) groups excluding carboxylic acids is 2. The highest BCUT2D eigenvalue weighted by atomic mass is 16.5. The molecule has 3 amide bonds. The number of urea groups is 1. The van der Waals surface area contributed by atoms with Crippen LogP contribution in [0.25, 0.3) is 0 Å². The molecule has 11 nitrogen and oxygen atoms in total. The average molecular weight is 694 g/mol. The van der Waals surface area contributed by atoms with Gasteiger partial charge in [-0.15, -0.1) is 0 Å². The number of nitrogens with zero attached hydrogens (tertiary/aromatic N) is 2. The molecule has 2 aromatic carbocycles. The fourth-order valence-corrected chi connectivity index (χ4v) is 6.97. The highest BCUT2D eigenvalue weighted by Crippen LogP contribution is 2.23. The van der Waals surface area contributed by atoms with Gasteiger partial charge in [-0.05, 0) is 67.5 Å². The van der Waals surface area contributed by atoms with Gasteiger partial charge in [0, 0.05) is 62.6 Å². The van der Waals surface area contributed by atoms with Gasteiger partial charge in [-0.2, -0.15) is 0 Å². The Kier molecular flexibility index (Phi) is 14.6. The van der Waals surface area contributed by atoms with Crippen LogP contribution in [0.3, 0.4) is 0 Å². The topological polar surface area (TPSA) is 114 Å². The van der Waals surface area contributed by atoms with Crippen LogP contribution in [0.4, 0.5) is 16.2 Å². The number of carbonyl (C=O) groups is 2. The van der Waals surface area contributed by atoms with Crippen molar-refractivity contribution in [1.29, 1.82) is 0 Å². The summed E-state index contributed by atoms with van der Waals surface area (Å²) >= 11 is 0. The number of morpholine rings is 2. The van der Waals surface area contributed by atoms with E-state index in [0.29, 0.717) is 32.8 Å². The molecule has 2 atom stereocenters. The number of anilines is 2. The first kappa shape index (κ1) is 37.9. The van der Waals surface area contributed by atoms with Crippen molar-refractivity contribution in [1.82, 2.24) is 15.1 Å². The molecule has 0 bridgehead atoms. The van der Waals surface area contributed by atoms with Crippen molar-refractivity contribution in [2.45, 2.75) is 90.3 Å². The number of benzene rings is 2. The van der Waals surface area contributed by atoms with E-state index in [2.05, 4.69) is 46.5 Å². The second-order valence-corrected chi connectivity index (χ2v) is 15.1. The van der Waals surface area contributed by atoms with Gasteiger partial charge in [0.25, 0.3) is 0 Å². The molecule has 5 rings (SSSR count). The standard InChI is InChI=1S/C39H59N5O6/c1-39(2,3)27-37(45)40-32-12-7-13-34(26-32)49-22-8-18-43-20-25-50-36(28-43)35-29-47-24-21-44(35)19-9-23-48-33-16-14-31(15-17-33)42-38(46)41-30-10-5-4-6-11-30/h7,12-17,26,30,35-36H,4-6,8-11,18-25,27-29H2,1-3H3,(H,40,45)(H2,41,42,46). The molecule has 1 saturated carbocycles. The van der Waals surface area contributed by atoms with Gasteiger partial charge in [0.1, 0.15) is 11.5 Å². The Morgan fingerprint density at radius 1 is 0.860 bits per heavy atom. The molecule has 2 heterocycles. The highest BCUT2D eigenvalue weighted by Gasteiger charge is 2.34. The summed E-state index contributed by atoms with van der Waals surface area (Å²) in [5.74, 6) is 1.58. The number of amides is 3. The minimum atomic E-state index is -0.137. The molecule has 0 spiro atoms. The zero-order chi connectivity index (χ0) is 35.2. The Morgan fingerprint density at radius 3 is 2.40 bits per heavy atom. The Bertz CT molecular complexity index is 1330. The Hall–Kier alpha value is -3.38. The maximum atomic E-state index is 12.4. The van der Waals surface area contributed by atoms with Gasteiger partial charge >= 0.3 is 6.03 Å². The first-order chi connectivity index (χ1) is 24.2. The molecule has 2 aromatic rings. The van der Waals surface area contributed by atoms with E-state index in [9.17, 15) is 9.59 Å². The van der Waals surface area contributed by atoms with Crippen LogP contribution >= 0.6 is 0 Å². The summed E-state index contributed by atoms with van der Waals surface area (Å²) in [4.78, 5) is 29.7. The Balaban J connectivity index is 0.982. The van der Waals surface area contributed by atoms with Crippen LogP contribution in [0.15, 0.2) is 48.5 Å². The van der Waals surface area contributed by atoms with Gasteiger partial charge in [-0.1, -0.05) is 46.1 Å². The molecule has 2 saturated heterocycles. The van der Waals surface area contributed by atoms with E-state index < -0.39 is 0 Å². The predicted octanol–water partition coefficient (Wildman–Crippen LogP) is 6.16. The van der Waals surface area contributed by atoms with E-state index in [-0.39, 0.29) is 35.5 Å². The maximum absolute atomic E-state index is 12.4. The first-order valence-corrected chi connectivity index (χ1v) is 18.7. The number of hydrogen-bond donors (Lipinski definition) is 3. The largest absolute Gasteiger partial charge is 0.494 e. The molecule has 0 aromatic heterocycles. The van der Waals surface area contributed by atoms with Crippen molar-refractivity contribution in [3.8, 4) is 11.5 Å². The SMILES string of the molecule is CC(C)(C)CC(=O)Nc1cccc(OCCCN2CCOC(C3COCCN3CCCOc3ccc(NC(=O)NC4CCCCC4)cc3)C2)c1. The Labute approximate surface area is 298 Å². The molecule has 3 aliphatic rings. The van der Waals surface area contributed by atoms with Gasteiger partial charge in [0.05, 0.1) is 45.2 Å². The number of hydrogen-bond acceptors (Lipinski definition) is 8. The maximum Gasteiger partial charge on any atom is 0.319 e. The van der Waals surface area contributed by atoms with Crippen molar-refractivity contribution in [3.63, 3.8) is 0 Å². The van der Waals surface area contributed by atoms with Crippen molar-refractivity contribution < 1.29 is 28.5 Å². The van der Waals surface area contributed by atoms with E-state index >= 15 is 0 Å². The lowest BCUT2D eigenvalue weighted by molar-refractivity contribution is -0.117. The zero-order valence-corrected chi connectivity index (χ0v) is 30.4. The third-order valence-electron chi connectivity index (χ3n) is 9.49. The van der Waals surface area contributed by atoms with Gasteiger partial charge < -0.3 is 34.9 Å². The van der Waals surface area contributed by atoms with Gasteiger partial charge in [0.2, 0.25) is 5.91 Å². The molecule has 0 radical (unpaired) electrons. The van der Waals surface area contributed by atoms with E-state index in [1.165, 1.54) is 19.3 Å². The summed E-state index contributed by atoms with van der Waals surface area (Å²) < 4.78 is 24.3. The van der Waals surface area contributed by atoms with Crippen LogP contribution in [0.2, 0.25) is 0 Å². The van der Waals surface area contributed by atoms with Crippen LogP contribution in [-0.2, 0) is 14.3 Å². The first-order valence-electron chi connectivity index (χ1n) is 18.7. The lowest BCUT2D eigenvalue weighted by atomic mass is 9.92. The number of ether oxygens (including phenoxy) is 4. The summed E-state index contributed by atoms with van der Waals surface area (Å²) in [5, 5.41) is 9.02. The molecular weight excluding hydrogens is 634 g/mol. The summed E-state index contributed by atoms with van der Waals surface area (Å²) in [7, 11) is 0. The number of rotatable bonds is 15. The van der Waals surface area contributed by atoms with Gasteiger partial charge in [0.15, 0.2) is 0 Å². The lowest BCUT2D eigenvalue weighted by Crippen LogP contribution is -2.58. The molecule has 50 heavy (non-hydrogen) atoms. The average Bonchev–Trinajstić information content (AvgIpc) is 3.09. The predicted molar refractivity (Wildman–Crippen MR) is 197 cm³/mol. The van der Waals surface area contributed by atoms with Gasteiger partial charge in [-0.25, -0.2) is 4.79 Å².